The van der Waals surface area contributed by atoms with Crippen molar-refractivity contribution in [3.8, 4) is 0 Å². The van der Waals surface area contributed by atoms with Gasteiger partial charge in [0.25, 0.3) is 0 Å². The third-order valence-electron chi connectivity index (χ3n) is 2.42. The van der Waals surface area contributed by atoms with Gasteiger partial charge in [-0.15, -0.1) is 0 Å². The van der Waals surface area contributed by atoms with E-state index in [9.17, 15) is 13.2 Å². The minimum Gasteiger partial charge on any atom is -0.375 e. The Hall–Kier alpha value is -1.56. The number of sulfone groups is 1. The first-order valence-corrected chi connectivity index (χ1v) is 7.48. The van der Waals surface area contributed by atoms with Crippen molar-refractivity contribution in [1.29, 1.82) is 0 Å². The van der Waals surface area contributed by atoms with Gasteiger partial charge in [-0.1, -0.05) is 19.1 Å². The molecule has 1 rings (SSSR count). The van der Waals surface area contributed by atoms with Crippen LogP contribution in [0.25, 0.3) is 0 Å². The number of carbonyl (C=O) groups is 1. The first-order chi connectivity index (χ1) is 8.51. The summed E-state index contributed by atoms with van der Waals surface area (Å²) in [7, 11) is -3.28. The van der Waals surface area contributed by atoms with Gasteiger partial charge in [0.15, 0.2) is 9.84 Å². The van der Waals surface area contributed by atoms with Gasteiger partial charge in [0.2, 0.25) is 5.91 Å². The van der Waals surface area contributed by atoms with E-state index in [0.29, 0.717) is 12.2 Å². The first-order valence-electron chi connectivity index (χ1n) is 5.83. The number of carbonyl (C=O) groups excluding carboxylic acids is 1. The van der Waals surface area contributed by atoms with Gasteiger partial charge in [0.05, 0.1) is 22.9 Å². The smallest absolute Gasteiger partial charge is 0.239 e. The summed E-state index contributed by atoms with van der Waals surface area (Å²) in [6.07, 6.45) is 0. The quantitative estimate of drug-likeness (QED) is 0.809. The Balaban J connectivity index is 2.87. The van der Waals surface area contributed by atoms with E-state index in [-0.39, 0.29) is 23.1 Å². The number of hydrogen-bond donors (Lipinski definition) is 2. The predicted octanol–water partition coefficient (Wildman–Crippen LogP) is 1.03. The normalized spacial score (nSPS) is 11.0. The van der Waals surface area contributed by atoms with Crippen LogP contribution in [-0.2, 0) is 14.6 Å². The summed E-state index contributed by atoms with van der Waals surface area (Å²) in [6, 6.07) is 6.59. The first kappa shape index (κ1) is 14.5. The van der Waals surface area contributed by atoms with Crippen molar-refractivity contribution in [1.82, 2.24) is 5.32 Å². The van der Waals surface area contributed by atoms with Crippen molar-refractivity contribution in [3.05, 3.63) is 24.3 Å². The average molecular weight is 270 g/mol. The maximum Gasteiger partial charge on any atom is 0.239 e. The van der Waals surface area contributed by atoms with E-state index in [4.69, 9.17) is 0 Å². The number of benzene rings is 1. The summed E-state index contributed by atoms with van der Waals surface area (Å²) in [5, 5.41) is 5.48. The summed E-state index contributed by atoms with van der Waals surface area (Å²) in [6.45, 7) is 4.03. The molecule has 1 aromatic rings. The van der Waals surface area contributed by atoms with Crippen molar-refractivity contribution in [3.63, 3.8) is 0 Å². The number of amides is 1. The molecule has 0 atom stereocenters. The molecule has 0 aromatic heterocycles. The van der Waals surface area contributed by atoms with E-state index >= 15 is 0 Å². The molecule has 2 N–H and O–H groups in total. The predicted molar refractivity (Wildman–Crippen MR) is 71.3 cm³/mol. The van der Waals surface area contributed by atoms with Gasteiger partial charge >= 0.3 is 0 Å². The minimum atomic E-state index is -3.28. The van der Waals surface area contributed by atoms with E-state index in [1.54, 1.807) is 31.2 Å². The fraction of sp³-hybridized carbons (Fsp3) is 0.417. The minimum absolute atomic E-state index is 0.0346. The molecule has 5 nitrogen and oxygen atoms in total. The molecule has 1 amide bonds. The molecular formula is C12H18N2O3S. The van der Waals surface area contributed by atoms with Crippen LogP contribution in [-0.4, -0.2) is 33.2 Å². The van der Waals surface area contributed by atoms with Gasteiger partial charge in [-0.25, -0.2) is 8.42 Å². The number of para-hydroxylation sites is 1. The molecule has 0 heterocycles. The van der Waals surface area contributed by atoms with Crippen LogP contribution in [0.1, 0.15) is 13.8 Å². The Morgan fingerprint density at radius 2 is 1.89 bits per heavy atom. The maximum absolute atomic E-state index is 11.9. The van der Waals surface area contributed by atoms with Gasteiger partial charge in [0.1, 0.15) is 0 Å². The lowest BCUT2D eigenvalue weighted by Gasteiger charge is -2.11. The van der Waals surface area contributed by atoms with Crippen LogP contribution in [0.2, 0.25) is 0 Å². The monoisotopic (exact) mass is 270 g/mol. The third kappa shape index (κ3) is 3.73. The van der Waals surface area contributed by atoms with Crippen molar-refractivity contribution in [2.75, 3.05) is 24.2 Å². The van der Waals surface area contributed by atoms with Crippen molar-refractivity contribution in [2.45, 2.75) is 18.7 Å². The zero-order valence-corrected chi connectivity index (χ0v) is 11.4. The van der Waals surface area contributed by atoms with Crippen LogP contribution in [0.15, 0.2) is 29.2 Å². The lowest BCUT2D eigenvalue weighted by atomic mass is 10.3. The number of hydrogen-bond acceptors (Lipinski definition) is 4. The van der Waals surface area contributed by atoms with E-state index < -0.39 is 9.84 Å². The summed E-state index contributed by atoms with van der Waals surface area (Å²) in [4.78, 5) is 11.6. The Morgan fingerprint density at radius 1 is 1.22 bits per heavy atom. The molecule has 6 heteroatoms. The second-order valence-electron chi connectivity index (χ2n) is 3.71. The third-order valence-corrected chi connectivity index (χ3v) is 4.20. The highest BCUT2D eigenvalue weighted by Gasteiger charge is 2.16. The molecule has 0 bridgehead atoms. The van der Waals surface area contributed by atoms with E-state index in [1.807, 2.05) is 6.92 Å². The molecule has 0 saturated carbocycles. The fourth-order valence-electron chi connectivity index (χ4n) is 1.47. The summed E-state index contributed by atoms with van der Waals surface area (Å²) in [5.41, 5.74) is 0.464. The van der Waals surface area contributed by atoms with Crippen LogP contribution < -0.4 is 10.6 Å². The summed E-state index contributed by atoms with van der Waals surface area (Å²) >= 11 is 0. The highest BCUT2D eigenvalue weighted by atomic mass is 32.2. The lowest BCUT2D eigenvalue weighted by molar-refractivity contribution is -0.119. The average Bonchev–Trinajstić information content (AvgIpc) is 2.37. The highest BCUT2D eigenvalue weighted by Crippen LogP contribution is 2.21. The topological polar surface area (TPSA) is 75.3 Å². The van der Waals surface area contributed by atoms with Crippen LogP contribution in [0, 0.1) is 0 Å². The standard InChI is InChI=1S/C12H18N2O3S/c1-3-13-12(15)9-14-10-7-5-6-8-11(10)18(16,17)4-2/h5-8,14H,3-4,9H2,1-2H3,(H,13,15). The zero-order valence-electron chi connectivity index (χ0n) is 10.6. The highest BCUT2D eigenvalue weighted by molar-refractivity contribution is 7.91. The number of rotatable bonds is 6. The van der Waals surface area contributed by atoms with Gasteiger partial charge in [0, 0.05) is 6.54 Å². The molecule has 0 aliphatic rings. The fourth-order valence-corrected chi connectivity index (χ4v) is 2.55. The molecular weight excluding hydrogens is 252 g/mol. The van der Waals surface area contributed by atoms with Crippen LogP contribution in [0.5, 0.6) is 0 Å². The van der Waals surface area contributed by atoms with Gasteiger partial charge in [-0.05, 0) is 19.1 Å². The van der Waals surface area contributed by atoms with Crippen LogP contribution in [0.4, 0.5) is 5.69 Å². The molecule has 100 valence electrons. The molecule has 0 aliphatic carbocycles. The number of anilines is 1. The number of likely N-dealkylation sites (N-methyl/N-ethyl adjacent to an activating group) is 1. The summed E-state index contributed by atoms with van der Waals surface area (Å²) in [5.74, 6) is -0.131. The Morgan fingerprint density at radius 3 is 2.50 bits per heavy atom. The second kappa shape index (κ2) is 6.39. The Labute approximate surface area is 108 Å². The Kier molecular flexibility index (Phi) is 5.15. The largest absolute Gasteiger partial charge is 0.375 e. The molecule has 0 spiro atoms. The van der Waals surface area contributed by atoms with Crippen molar-refractivity contribution >= 4 is 21.4 Å². The van der Waals surface area contributed by atoms with Crippen LogP contribution in [0.3, 0.4) is 0 Å². The van der Waals surface area contributed by atoms with Crippen molar-refractivity contribution < 1.29 is 13.2 Å². The molecule has 0 fully saturated rings. The van der Waals surface area contributed by atoms with Gasteiger partial charge in [-0.3, -0.25) is 4.79 Å². The molecule has 0 aliphatic heterocycles. The molecule has 0 saturated heterocycles. The zero-order chi connectivity index (χ0) is 13.6. The van der Waals surface area contributed by atoms with Crippen molar-refractivity contribution in [2.24, 2.45) is 0 Å². The Bertz CT molecular complexity index is 512. The molecule has 18 heavy (non-hydrogen) atoms. The number of nitrogens with one attached hydrogen (secondary N) is 2. The molecule has 0 radical (unpaired) electrons. The van der Waals surface area contributed by atoms with Gasteiger partial charge < -0.3 is 10.6 Å². The maximum atomic E-state index is 11.9. The summed E-state index contributed by atoms with van der Waals surface area (Å²) < 4.78 is 23.7. The molecule has 1 aromatic carbocycles. The second-order valence-corrected chi connectivity index (χ2v) is 5.95. The van der Waals surface area contributed by atoms with Gasteiger partial charge in [-0.2, -0.15) is 0 Å². The van der Waals surface area contributed by atoms with E-state index in [2.05, 4.69) is 10.6 Å². The lowest BCUT2D eigenvalue weighted by Crippen LogP contribution is -2.29. The van der Waals surface area contributed by atoms with E-state index in [1.165, 1.54) is 0 Å². The molecule has 0 unspecified atom stereocenters. The van der Waals surface area contributed by atoms with Crippen LogP contribution >= 0.6 is 0 Å². The SMILES string of the molecule is CCNC(=O)CNc1ccccc1S(=O)(=O)CC. The van der Waals surface area contributed by atoms with E-state index in [0.717, 1.165) is 0 Å².